The standard InChI is InChI=1S/C19H24N2O3/c22-18(20-8-1-2-9-20)15-5-3-4-14(10-15)16-11-17(16)21(19(23)24)12-13-6-7-13/h3-5,10,13,16-17H,1-2,6-9,11-12H2,(H,23,24). The van der Waals surface area contributed by atoms with Crippen molar-refractivity contribution in [2.75, 3.05) is 19.6 Å². The highest BCUT2D eigenvalue weighted by Crippen LogP contribution is 2.46. The van der Waals surface area contributed by atoms with Gasteiger partial charge < -0.3 is 14.9 Å². The lowest BCUT2D eigenvalue weighted by Crippen LogP contribution is -2.34. The van der Waals surface area contributed by atoms with Crippen molar-refractivity contribution in [2.24, 2.45) is 5.92 Å². The maximum Gasteiger partial charge on any atom is 0.407 e. The molecule has 0 bridgehead atoms. The molecule has 2 amide bonds. The van der Waals surface area contributed by atoms with E-state index >= 15 is 0 Å². The van der Waals surface area contributed by atoms with Gasteiger partial charge in [0, 0.05) is 37.2 Å². The summed E-state index contributed by atoms with van der Waals surface area (Å²) >= 11 is 0. The minimum absolute atomic E-state index is 0.0836. The summed E-state index contributed by atoms with van der Waals surface area (Å²) < 4.78 is 0. The number of carboxylic acid groups (broad SMARTS) is 1. The topological polar surface area (TPSA) is 60.9 Å². The van der Waals surface area contributed by atoms with Crippen molar-refractivity contribution in [3.63, 3.8) is 0 Å². The highest BCUT2D eigenvalue weighted by Gasteiger charge is 2.46. The highest BCUT2D eigenvalue weighted by atomic mass is 16.4. The molecule has 1 N–H and O–H groups in total. The number of amides is 2. The molecule has 0 radical (unpaired) electrons. The summed E-state index contributed by atoms with van der Waals surface area (Å²) in [5.41, 5.74) is 1.84. The van der Waals surface area contributed by atoms with Crippen molar-refractivity contribution in [3.05, 3.63) is 35.4 Å². The Morgan fingerprint density at radius 3 is 2.62 bits per heavy atom. The predicted molar refractivity (Wildman–Crippen MR) is 90.2 cm³/mol. The summed E-state index contributed by atoms with van der Waals surface area (Å²) in [5, 5.41) is 9.48. The van der Waals surface area contributed by atoms with Crippen molar-refractivity contribution in [1.82, 2.24) is 9.80 Å². The van der Waals surface area contributed by atoms with Crippen molar-refractivity contribution in [1.29, 1.82) is 0 Å². The number of carbonyl (C=O) groups is 2. The number of benzene rings is 1. The quantitative estimate of drug-likeness (QED) is 0.903. The fraction of sp³-hybridized carbons (Fsp3) is 0.579. The number of carbonyl (C=O) groups excluding carboxylic acids is 1. The molecule has 3 aliphatic rings. The van der Waals surface area contributed by atoms with Gasteiger partial charge >= 0.3 is 6.09 Å². The molecule has 3 fully saturated rings. The Labute approximate surface area is 142 Å². The lowest BCUT2D eigenvalue weighted by Gasteiger charge is -2.19. The molecule has 0 spiro atoms. The zero-order valence-corrected chi connectivity index (χ0v) is 13.9. The van der Waals surface area contributed by atoms with E-state index in [4.69, 9.17) is 0 Å². The highest BCUT2D eigenvalue weighted by molar-refractivity contribution is 5.94. The van der Waals surface area contributed by atoms with Crippen LogP contribution in [0.15, 0.2) is 24.3 Å². The minimum atomic E-state index is -0.807. The molecule has 2 aliphatic carbocycles. The molecule has 2 atom stereocenters. The third-order valence-corrected chi connectivity index (χ3v) is 5.51. The van der Waals surface area contributed by atoms with Crippen LogP contribution in [-0.4, -0.2) is 52.6 Å². The molecule has 5 heteroatoms. The molecular weight excluding hydrogens is 304 g/mol. The largest absolute Gasteiger partial charge is 0.465 e. The summed E-state index contributed by atoms with van der Waals surface area (Å²) in [7, 11) is 0. The molecule has 1 heterocycles. The molecule has 1 aromatic carbocycles. The van der Waals surface area contributed by atoms with Crippen LogP contribution in [-0.2, 0) is 0 Å². The SMILES string of the molecule is O=C(c1cccc(C2CC2N(CC2CC2)C(=O)O)c1)N1CCCC1. The van der Waals surface area contributed by atoms with E-state index in [1.54, 1.807) is 4.90 Å². The van der Waals surface area contributed by atoms with Gasteiger partial charge in [-0.1, -0.05) is 12.1 Å². The van der Waals surface area contributed by atoms with Gasteiger partial charge in [0.1, 0.15) is 0 Å². The van der Waals surface area contributed by atoms with Gasteiger partial charge in [-0.2, -0.15) is 0 Å². The van der Waals surface area contributed by atoms with E-state index in [2.05, 4.69) is 0 Å². The van der Waals surface area contributed by atoms with Crippen LogP contribution in [0.5, 0.6) is 0 Å². The first-order chi connectivity index (χ1) is 11.6. The van der Waals surface area contributed by atoms with E-state index in [0.717, 1.165) is 56.3 Å². The van der Waals surface area contributed by atoms with E-state index in [-0.39, 0.29) is 17.9 Å². The molecule has 128 valence electrons. The van der Waals surface area contributed by atoms with Crippen LogP contribution in [0.25, 0.3) is 0 Å². The normalized spacial score (nSPS) is 25.6. The molecule has 1 saturated heterocycles. The predicted octanol–water partition coefficient (Wildman–Crippen LogP) is 3.17. The number of rotatable bonds is 5. The molecular formula is C19H24N2O3. The van der Waals surface area contributed by atoms with Crippen molar-refractivity contribution in [3.8, 4) is 0 Å². The number of nitrogens with zero attached hydrogens (tertiary/aromatic N) is 2. The monoisotopic (exact) mass is 328 g/mol. The number of hydrogen-bond acceptors (Lipinski definition) is 2. The van der Waals surface area contributed by atoms with E-state index in [0.29, 0.717) is 12.5 Å². The van der Waals surface area contributed by atoms with E-state index in [1.165, 1.54) is 0 Å². The van der Waals surface area contributed by atoms with Crippen LogP contribution < -0.4 is 0 Å². The zero-order valence-electron chi connectivity index (χ0n) is 13.9. The second kappa shape index (κ2) is 6.11. The molecule has 1 aliphatic heterocycles. The van der Waals surface area contributed by atoms with Crippen LogP contribution >= 0.6 is 0 Å². The zero-order chi connectivity index (χ0) is 16.7. The smallest absolute Gasteiger partial charge is 0.407 e. The van der Waals surface area contributed by atoms with Gasteiger partial charge in [0.05, 0.1) is 0 Å². The first-order valence-electron chi connectivity index (χ1n) is 9.02. The Kier molecular flexibility index (Phi) is 3.94. The third-order valence-electron chi connectivity index (χ3n) is 5.51. The molecule has 2 saturated carbocycles. The van der Waals surface area contributed by atoms with E-state index in [1.807, 2.05) is 29.2 Å². The third kappa shape index (κ3) is 3.12. The van der Waals surface area contributed by atoms with Crippen molar-refractivity contribution in [2.45, 2.75) is 44.1 Å². The van der Waals surface area contributed by atoms with Gasteiger partial charge in [0.2, 0.25) is 0 Å². The summed E-state index contributed by atoms with van der Waals surface area (Å²) in [5.74, 6) is 0.913. The van der Waals surface area contributed by atoms with Crippen molar-refractivity contribution < 1.29 is 14.7 Å². The molecule has 24 heavy (non-hydrogen) atoms. The van der Waals surface area contributed by atoms with Gasteiger partial charge in [-0.15, -0.1) is 0 Å². The first kappa shape index (κ1) is 15.5. The second-order valence-electron chi connectivity index (χ2n) is 7.41. The van der Waals surface area contributed by atoms with Crippen molar-refractivity contribution >= 4 is 12.0 Å². The number of likely N-dealkylation sites (tertiary alicyclic amines) is 1. The molecule has 2 unspecified atom stereocenters. The van der Waals surface area contributed by atoms with Gasteiger partial charge in [-0.25, -0.2) is 4.79 Å². The Morgan fingerprint density at radius 2 is 1.96 bits per heavy atom. The fourth-order valence-corrected chi connectivity index (χ4v) is 3.82. The number of hydrogen-bond donors (Lipinski definition) is 1. The Balaban J connectivity index is 1.46. The second-order valence-corrected chi connectivity index (χ2v) is 7.41. The molecule has 5 nitrogen and oxygen atoms in total. The average molecular weight is 328 g/mol. The Hall–Kier alpha value is -2.04. The van der Waals surface area contributed by atoms with E-state index in [9.17, 15) is 14.7 Å². The summed E-state index contributed by atoms with van der Waals surface area (Å²) in [6.45, 7) is 2.37. The van der Waals surface area contributed by atoms with Gasteiger partial charge in [-0.3, -0.25) is 4.79 Å². The average Bonchev–Trinajstić information content (AvgIpc) is 3.50. The van der Waals surface area contributed by atoms with Crippen LogP contribution in [0.2, 0.25) is 0 Å². The first-order valence-corrected chi connectivity index (χ1v) is 9.02. The van der Waals surface area contributed by atoms with Crippen LogP contribution in [0.1, 0.15) is 53.9 Å². The molecule has 0 aromatic heterocycles. The fourth-order valence-electron chi connectivity index (χ4n) is 3.82. The van der Waals surface area contributed by atoms with Gasteiger partial charge in [0.15, 0.2) is 0 Å². The summed E-state index contributed by atoms with van der Waals surface area (Å²) in [4.78, 5) is 27.6. The lowest BCUT2D eigenvalue weighted by atomic mass is 10.1. The summed E-state index contributed by atoms with van der Waals surface area (Å²) in [6.07, 6.45) is 4.55. The Bertz CT molecular complexity index is 650. The Morgan fingerprint density at radius 1 is 1.21 bits per heavy atom. The molecule has 1 aromatic rings. The lowest BCUT2D eigenvalue weighted by molar-refractivity contribution is 0.0792. The maximum atomic E-state index is 12.5. The van der Waals surface area contributed by atoms with Crippen LogP contribution in [0.3, 0.4) is 0 Å². The minimum Gasteiger partial charge on any atom is -0.465 e. The van der Waals surface area contributed by atoms with Gasteiger partial charge in [-0.05, 0) is 55.7 Å². The van der Waals surface area contributed by atoms with Crippen LogP contribution in [0.4, 0.5) is 4.79 Å². The summed E-state index contributed by atoms with van der Waals surface area (Å²) in [6, 6.07) is 7.89. The van der Waals surface area contributed by atoms with Gasteiger partial charge in [0.25, 0.3) is 5.91 Å². The maximum absolute atomic E-state index is 12.5. The van der Waals surface area contributed by atoms with E-state index < -0.39 is 6.09 Å². The molecule has 4 rings (SSSR count). The van der Waals surface area contributed by atoms with Crippen LogP contribution in [0, 0.1) is 5.92 Å².